The molecule has 0 amide bonds. The Hall–Kier alpha value is -1.23. The van der Waals surface area contributed by atoms with Crippen LogP contribution in [0.1, 0.15) is 20.3 Å². The molecule has 1 atom stereocenters. The SMILES string of the molecule is CCC(C)(O)CNc1c(F)cc(F)cc1F. The molecular weight excluding hydrogens is 219 g/mol. The predicted molar refractivity (Wildman–Crippen MR) is 55.7 cm³/mol. The fraction of sp³-hybridized carbons (Fsp3) is 0.455. The van der Waals surface area contributed by atoms with Gasteiger partial charge < -0.3 is 10.4 Å². The molecule has 0 bridgehead atoms. The van der Waals surface area contributed by atoms with Gasteiger partial charge in [-0.05, 0) is 13.3 Å². The van der Waals surface area contributed by atoms with E-state index >= 15 is 0 Å². The van der Waals surface area contributed by atoms with E-state index < -0.39 is 28.7 Å². The Morgan fingerprint density at radius 1 is 1.25 bits per heavy atom. The summed E-state index contributed by atoms with van der Waals surface area (Å²) in [4.78, 5) is 0. The molecule has 90 valence electrons. The molecule has 0 aliphatic carbocycles. The van der Waals surface area contributed by atoms with Crippen molar-refractivity contribution in [1.29, 1.82) is 0 Å². The second kappa shape index (κ2) is 4.74. The maximum atomic E-state index is 13.2. The number of halogens is 3. The highest BCUT2D eigenvalue weighted by Crippen LogP contribution is 2.21. The van der Waals surface area contributed by atoms with E-state index in [1.54, 1.807) is 13.8 Å². The summed E-state index contributed by atoms with van der Waals surface area (Å²) in [5.41, 5.74) is -1.48. The second-order valence-electron chi connectivity index (χ2n) is 3.95. The van der Waals surface area contributed by atoms with Crippen molar-refractivity contribution < 1.29 is 18.3 Å². The third kappa shape index (κ3) is 3.13. The Kier molecular flexibility index (Phi) is 3.80. The summed E-state index contributed by atoms with van der Waals surface area (Å²) in [7, 11) is 0. The highest BCUT2D eigenvalue weighted by molar-refractivity contribution is 5.46. The van der Waals surface area contributed by atoms with E-state index in [4.69, 9.17) is 0 Å². The maximum absolute atomic E-state index is 13.2. The van der Waals surface area contributed by atoms with Crippen LogP contribution < -0.4 is 5.32 Å². The smallest absolute Gasteiger partial charge is 0.152 e. The lowest BCUT2D eigenvalue weighted by Crippen LogP contribution is -2.32. The van der Waals surface area contributed by atoms with E-state index in [-0.39, 0.29) is 6.54 Å². The highest BCUT2D eigenvalue weighted by Gasteiger charge is 2.19. The first-order chi connectivity index (χ1) is 7.35. The number of benzene rings is 1. The first-order valence-corrected chi connectivity index (χ1v) is 4.96. The molecule has 5 heteroatoms. The summed E-state index contributed by atoms with van der Waals surface area (Å²) in [6.45, 7) is 3.28. The number of nitrogens with one attached hydrogen (secondary N) is 1. The van der Waals surface area contributed by atoms with E-state index in [1.165, 1.54) is 0 Å². The number of aliphatic hydroxyl groups is 1. The van der Waals surface area contributed by atoms with Crippen molar-refractivity contribution in [3.8, 4) is 0 Å². The zero-order valence-corrected chi connectivity index (χ0v) is 9.15. The monoisotopic (exact) mass is 233 g/mol. The van der Waals surface area contributed by atoms with Gasteiger partial charge in [-0.2, -0.15) is 0 Å². The Morgan fingerprint density at radius 3 is 2.19 bits per heavy atom. The van der Waals surface area contributed by atoms with Gasteiger partial charge in [0.1, 0.15) is 11.5 Å². The van der Waals surface area contributed by atoms with Crippen LogP contribution in [0.2, 0.25) is 0 Å². The molecule has 0 aromatic heterocycles. The molecule has 1 aromatic carbocycles. The van der Waals surface area contributed by atoms with Crippen molar-refractivity contribution in [3.63, 3.8) is 0 Å². The van der Waals surface area contributed by atoms with E-state index in [9.17, 15) is 18.3 Å². The molecule has 16 heavy (non-hydrogen) atoms. The van der Waals surface area contributed by atoms with Gasteiger partial charge in [0.15, 0.2) is 11.6 Å². The first kappa shape index (κ1) is 12.8. The van der Waals surface area contributed by atoms with Gasteiger partial charge in [-0.15, -0.1) is 0 Å². The van der Waals surface area contributed by atoms with Crippen molar-refractivity contribution in [2.75, 3.05) is 11.9 Å². The van der Waals surface area contributed by atoms with Gasteiger partial charge in [0.05, 0.1) is 5.60 Å². The van der Waals surface area contributed by atoms with Crippen LogP contribution in [0.4, 0.5) is 18.9 Å². The number of hydrogen-bond donors (Lipinski definition) is 2. The molecule has 0 saturated heterocycles. The summed E-state index contributed by atoms with van der Waals surface area (Å²) in [6.07, 6.45) is 0.435. The van der Waals surface area contributed by atoms with Crippen molar-refractivity contribution in [1.82, 2.24) is 0 Å². The van der Waals surface area contributed by atoms with Gasteiger partial charge in [0.2, 0.25) is 0 Å². The zero-order valence-electron chi connectivity index (χ0n) is 9.15. The highest BCUT2D eigenvalue weighted by atomic mass is 19.1. The van der Waals surface area contributed by atoms with Crippen LogP contribution in [-0.4, -0.2) is 17.3 Å². The summed E-state index contributed by atoms with van der Waals surface area (Å²) in [5, 5.41) is 12.1. The van der Waals surface area contributed by atoms with E-state index in [0.29, 0.717) is 18.6 Å². The van der Waals surface area contributed by atoms with Crippen LogP contribution in [0, 0.1) is 17.5 Å². The van der Waals surface area contributed by atoms with Gasteiger partial charge in [0.25, 0.3) is 0 Å². The van der Waals surface area contributed by atoms with Crippen LogP contribution in [0.15, 0.2) is 12.1 Å². The van der Waals surface area contributed by atoms with Gasteiger partial charge in [0, 0.05) is 18.7 Å². The van der Waals surface area contributed by atoms with Crippen LogP contribution in [0.25, 0.3) is 0 Å². The molecular formula is C11H14F3NO. The maximum Gasteiger partial charge on any atom is 0.152 e. The quantitative estimate of drug-likeness (QED) is 0.838. The predicted octanol–water partition coefficient (Wildman–Crippen LogP) is 2.68. The fourth-order valence-corrected chi connectivity index (χ4v) is 1.11. The van der Waals surface area contributed by atoms with Crippen molar-refractivity contribution in [3.05, 3.63) is 29.6 Å². The first-order valence-electron chi connectivity index (χ1n) is 4.96. The summed E-state index contributed by atoms with van der Waals surface area (Å²) in [6, 6.07) is 1.18. The standard InChI is InChI=1S/C11H14F3NO/c1-3-11(2,16)6-15-10-8(13)4-7(12)5-9(10)14/h4-5,15-16H,3,6H2,1-2H3. The van der Waals surface area contributed by atoms with Crippen molar-refractivity contribution >= 4 is 5.69 Å². The largest absolute Gasteiger partial charge is 0.388 e. The lowest BCUT2D eigenvalue weighted by molar-refractivity contribution is 0.0696. The summed E-state index contributed by atoms with van der Waals surface area (Å²) >= 11 is 0. The molecule has 2 nitrogen and oxygen atoms in total. The summed E-state index contributed by atoms with van der Waals surface area (Å²) in [5.74, 6) is -2.99. The van der Waals surface area contributed by atoms with Gasteiger partial charge in [-0.3, -0.25) is 0 Å². The minimum Gasteiger partial charge on any atom is -0.388 e. The van der Waals surface area contributed by atoms with Crippen LogP contribution >= 0.6 is 0 Å². The average Bonchev–Trinajstić information content (AvgIpc) is 2.16. The molecule has 0 aliphatic rings. The molecule has 2 N–H and O–H groups in total. The zero-order chi connectivity index (χ0) is 12.3. The van der Waals surface area contributed by atoms with E-state index in [2.05, 4.69) is 5.32 Å². The lowest BCUT2D eigenvalue weighted by atomic mass is 10.0. The van der Waals surface area contributed by atoms with Crippen molar-refractivity contribution in [2.45, 2.75) is 25.9 Å². The van der Waals surface area contributed by atoms with Crippen LogP contribution in [-0.2, 0) is 0 Å². The molecule has 0 heterocycles. The molecule has 0 aliphatic heterocycles. The fourth-order valence-electron chi connectivity index (χ4n) is 1.11. The lowest BCUT2D eigenvalue weighted by Gasteiger charge is -2.22. The second-order valence-corrected chi connectivity index (χ2v) is 3.95. The number of hydrogen-bond acceptors (Lipinski definition) is 2. The molecule has 0 saturated carbocycles. The Bertz CT molecular complexity index is 356. The Labute approximate surface area is 92.1 Å². The van der Waals surface area contributed by atoms with Crippen LogP contribution in [0.5, 0.6) is 0 Å². The molecule has 0 fully saturated rings. The minimum absolute atomic E-state index is 0.0109. The van der Waals surface area contributed by atoms with Gasteiger partial charge in [-0.25, -0.2) is 13.2 Å². The Morgan fingerprint density at radius 2 is 1.75 bits per heavy atom. The number of anilines is 1. The van der Waals surface area contributed by atoms with Crippen LogP contribution in [0.3, 0.4) is 0 Å². The molecule has 1 aromatic rings. The Balaban J connectivity index is 2.82. The normalized spacial score (nSPS) is 14.6. The number of rotatable bonds is 4. The van der Waals surface area contributed by atoms with E-state index in [1.807, 2.05) is 0 Å². The minimum atomic E-state index is -1.06. The molecule has 0 spiro atoms. The molecule has 1 unspecified atom stereocenters. The summed E-state index contributed by atoms with van der Waals surface area (Å²) < 4.78 is 38.9. The average molecular weight is 233 g/mol. The third-order valence-corrected chi connectivity index (χ3v) is 2.41. The van der Waals surface area contributed by atoms with Gasteiger partial charge >= 0.3 is 0 Å². The van der Waals surface area contributed by atoms with Gasteiger partial charge in [-0.1, -0.05) is 6.92 Å². The molecule has 1 rings (SSSR count). The molecule has 0 radical (unpaired) electrons. The third-order valence-electron chi connectivity index (χ3n) is 2.41. The van der Waals surface area contributed by atoms with Crippen molar-refractivity contribution in [2.24, 2.45) is 0 Å². The van der Waals surface area contributed by atoms with E-state index in [0.717, 1.165) is 0 Å². The topological polar surface area (TPSA) is 32.3 Å².